The Balaban J connectivity index is 1.66. The number of carbonyl (C=O) groups is 2. The summed E-state index contributed by atoms with van der Waals surface area (Å²) in [5.41, 5.74) is 1.20. The highest BCUT2D eigenvalue weighted by atomic mass is 16.5. The lowest BCUT2D eigenvalue weighted by molar-refractivity contribution is -0.131. The normalized spacial score (nSPS) is 14.7. The molecule has 1 N–H and O–H groups in total. The van der Waals surface area contributed by atoms with Crippen LogP contribution in [0, 0.1) is 0 Å². The molecule has 1 aromatic carbocycles. The summed E-state index contributed by atoms with van der Waals surface area (Å²) in [6.45, 7) is 3.93. The van der Waals surface area contributed by atoms with Crippen LogP contribution in [0.15, 0.2) is 30.3 Å². The molecular weight excluding hydrogens is 294 g/mol. The van der Waals surface area contributed by atoms with E-state index < -0.39 is 0 Å². The number of anilines is 1. The third-order valence-electron chi connectivity index (χ3n) is 3.95. The van der Waals surface area contributed by atoms with Gasteiger partial charge >= 0.3 is 0 Å². The van der Waals surface area contributed by atoms with E-state index in [1.165, 1.54) is 5.69 Å². The number of carbonyl (C=O) groups excluding carboxylic acids is 2. The van der Waals surface area contributed by atoms with Crippen molar-refractivity contribution in [2.24, 2.45) is 0 Å². The minimum atomic E-state index is -0.0754. The van der Waals surface area contributed by atoms with Crippen LogP contribution in [0.5, 0.6) is 0 Å². The molecule has 6 nitrogen and oxygen atoms in total. The molecule has 1 aliphatic heterocycles. The lowest BCUT2D eigenvalue weighted by atomic mass is 10.2. The first-order chi connectivity index (χ1) is 11.2. The van der Waals surface area contributed by atoms with Crippen molar-refractivity contribution in [1.29, 1.82) is 0 Å². The Morgan fingerprint density at radius 1 is 1.09 bits per heavy atom. The molecule has 0 unspecified atom stereocenters. The van der Waals surface area contributed by atoms with Crippen molar-refractivity contribution >= 4 is 17.5 Å². The zero-order chi connectivity index (χ0) is 16.5. The van der Waals surface area contributed by atoms with E-state index in [9.17, 15) is 9.59 Å². The largest absolute Gasteiger partial charge is 0.384 e. The predicted molar refractivity (Wildman–Crippen MR) is 89.4 cm³/mol. The lowest BCUT2D eigenvalue weighted by Gasteiger charge is -2.36. The second-order valence-corrected chi connectivity index (χ2v) is 5.55. The third kappa shape index (κ3) is 5.56. The second-order valence-electron chi connectivity index (χ2n) is 5.55. The van der Waals surface area contributed by atoms with Gasteiger partial charge in [-0.15, -0.1) is 0 Å². The quantitative estimate of drug-likeness (QED) is 0.810. The third-order valence-corrected chi connectivity index (χ3v) is 3.95. The molecule has 1 heterocycles. The number of para-hydroxylation sites is 1. The number of methoxy groups -OCH3 is 1. The maximum absolute atomic E-state index is 12.2. The molecule has 23 heavy (non-hydrogen) atoms. The first-order valence-corrected chi connectivity index (χ1v) is 8.04. The fraction of sp³-hybridized carbons (Fsp3) is 0.529. The smallest absolute Gasteiger partial charge is 0.224 e. The van der Waals surface area contributed by atoms with Gasteiger partial charge in [-0.1, -0.05) is 18.2 Å². The molecule has 0 saturated carbocycles. The van der Waals surface area contributed by atoms with Crippen LogP contribution < -0.4 is 10.2 Å². The number of hydrogen-bond acceptors (Lipinski definition) is 4. The molecule has 2 amide bonds. The van der Waals surface area contributed by atoms with Crippen molar-refractivity contribution in [3.8, 4) is 0 Å². The van der Waals surface area contributed by atoms with Gasteiger partial charge in [-0.2, -0.15) is 0 Å². The monoisotopic (exact) mass is 319 g/mol. The van der Waals surface area contributed by atoms with Gasteiger partial charge < -0.3 is 19.9 Å². The fourth-order valence-electron chi connectivity index (χ4n) is 2.60. The standard InChI is InChI=1S/C17H25N3O3/c1-23-14-8-16(21)18-9-7-17(22)20-12-10-19(11-13-20)15-5-3-2-4-6-15/h2-6H,7-14H2,1H3,(H,18,21). The maximum Gasteiger partial charge on any atom is 0.224 e. The van der Waals surface area contributed by atoms with Gasteiger partial charge in [0.1, 0.15) is 0 Å². The molecule has 1 aromatic rings. The van der Waals surface area contributed by atoms with Gasteiger partial charge in [-0.05, 0) is 12.1 Å². The highest BCUT2D eigenvalue weighted by molar-refractivity contribution is 5.79. The minimum Gasteiger partial charge on any atom is -0.384 e. The summed E-state index contributed by atoms with van der Waals surface area (Å²) in [6, 6.07) is 10.2. The van der Waals surface area contributed by atoms with Gasteiger partial charge in [-0.3, -0.25) is 9.59 Å². The van der Waals surface area contributed by atoms with Crippen LogP contribution in [0.3, 0.4) is 0 Å². The van der Waals surface area contributed by atoms with Crippen molar-refractivity contribution < 1.29 is 14.3 Å². The summed E-state index contributed by atoms with van der Waals surface area (Å²) in [7, 11) is 1.56. The summed E-state index contributed by atoms with van der Waals surface area (Å²) in [5.74, 6) is 0.0262. The number of piperazine rings is 1. The molecule has 0 atom stereocenters. The molecule has 0 aliphatic carbocycles. The number of nitrogens with zero attached hydrogens (tertiary/aromatic N) is 2. The van der Waals surface area contributed by atoms with Crippen LogP contribution in [0.4, 0.5) is 5.69 Å². The van der Waals surface area contributed by atoms with Gasteiger partial charge in [0, 0.05) is 58.4 Å². The van der Waals surface area contributed by atoms with Crippen molar-refractivity contribution in [3.63, 3.8) is 0 Å². The van der Waals surface area contributed by atoms with Crippen LogP contribution in [-0.4, -0.2) is 63.2 Å². The average molecular weight is 319 g/mol. The Bertz CT molecular complexity index is 499. The molecule has 0 bridgehead atoms. The molecule has 1 fully saturated rings. The van der Waals surface area contributed by atoms with Gasteiger partial charge in [0.25, 0.3) is 0 Å². The molecule has 2 rings (SSSR count). The van der Waals surface area contributed by atoms with E-state index in [2.05, 4.69) is 22.3 Å². The highest BCUT2D eigenvalue weighted by Crippen LogP contribution is 2.15. The van der Waals surface area contributed by atoms with Gasteiger partial charge in [0.2, 0.25) is 11.8 Å². The van der Waals surface area contributed by atoms with Crippen LogP contribution in [0.25, 0.3) is 0 Å². The Kier molecular flexibility index (Phi) is 6.87. The van der Waals surface area contributed by atoms with Gasteiger partial charge in [-0.25, -0.2) is 0 Å². The van der Waals surface area contributed by atoms with Crippen LogP contribution in [0.1, 0.15) is 12.8 Å². The first-order valence-electron chi connectivity index (χ1n) is 8.04. The zero-order valence-electron chi connectivity index (χ0n) is 13.7. The minimum absolute atomic E-state index is 0.0754. The van der Waals surface area contributed by atoms with E-state index in [1.807, 2.05) is 23.1 Å². The van der Waals surface area contributed by atoms with E-state index in [4.69, 9.17) is 4.74 Å². The van der Waals surface area contributed by atoms with Crippen LogP contribution >= 0.6 is 0 Å². The van der Waals surface area contributed by atoms with Gasteiger partial charge in [0.05, 0.1) is 6.61 Å². The number of amides is 2. The number of nitrogens with one attached hydrogen (secondary N) is 1. The van der Waals surface area contributed by atoms with E-state index in [0.29, 0.717) is 26.0 Å². The molecule has 126 valence electrons. The zero-order valence-corrected chi connectivity index (χ0v) is 13.7. The lowest BCUT2D eigenvalue weighted by Crippen LogP contribution is -2.49. The van der Waals surface area contributed by atoms with E-state index >= 15 is 0 Å². The number of ether oxygens (including phenoxy) is 1. The molecule has 0 spiro atoms. The Hall–Kier alpha value is -2.08. The van der Waals surface area contributed by atoms with Crippen LogP contribution in [-0.2, 0) is 14.3 Å². The number of hydrogen-bond donors (Lipinski definition) is 1. The van der Waals surface area contributed by atoms with E-state index in [1.54, 1.807) is 7.11 Å². The summed E-state index contributed by atoms with van der Waals surface area (Å²) >= 11 is 0. The summed E-state index contributed by atoms with van der Waals surface area (Å²) in [4.78, 5) is 27.8. The van der Waals surface area contributed by atoms with Gasteiger partial charge in [0.15, 0.2) is 0 Å². The predicted octanol–water partition coefficient (Wildman–Crippen LogP) is 0.878. The van der Waals surface area contributed by atoms with Crippen molar-refractivity contribution in [3.05, 3.63) is 30.3 Å². The maximum atomic E-state index is 12.2. The van der Waals surface area contributed by atoms with E-state index in [0.717, 1.165) is 26.2 Å². The van der Waals surface area contributed by atoms with Crippen molar-refractivity contribution in [2.45, 2.75) is 12.8 Å². The Morgan fingerprint density at radius 3 is 2.43 bits per heavy atom. The van der Waals surface area contributed by atoms with E-state index in [-0.39, 0.29) is 11.8 Å². The van der Waals surface area contributed by atoms with Crippen molar-refractivity contribution in [1.82, 2.24) is 10.2 Å². The Morgan fingerprint density at radius 2 is 1.78 bits per heavy atom. The summed E-state index contributed by atoms with van der Waals surface area (Å²) < 4.78 is 4.84. The summed E-state index contributed by atoms with van der Waals surface area (Å²) in [5, 5.41) is 2.75. The van der Waals surface area contributed by atoms with Crippen molar-refractivity contribution in [2.75, 3.05) is 51.3 Å². The molecule has 1 aliphatic rings. The molecule has 6 heteroatoms. The highest BCUT2D eigenvalue weighted by Gasteiger charge is 2.20. The average Bonchev–Trinajstić information content (AvgIpc) is 2.60. The Labute approximate surface area is 137 Å². The second kappa shape index (κ2) is 9.15. The fourth-order valence-corrected chi connectivity index (χ4v) is 2.60. The SMILES string of the molecule is COCCC(=O)NCCC(=O)N1CCN(c2ccccc2)CC1. The summed E-state index contributed by atoms with van der Waals surface area (Å²) in [6.07, 6.45) is 0.685. The number of rotatable bonds is 7. The molecule has 0 aromatic heterocycles. The molecular formula is C17H25N3O3. The van der Waals surface area contributed by atoms with Crippen LogP contribution in [0.2, 0.25) is 0 Å². The molecule has 1 saturated heterocycles. The molecule has 0 radical (unpaired) electrons. The first kappa shape index (κ1) is 17.3. The number of benzene rings is 1. The topological polar surface area (TPSA) is 61.9 Å².